The maximum absolute atomic E-state index is 13.4. The van der Waals surface area contributed by atoms with E-state index in [0.29, 0.717) is 0 Å². The van der Waals surface area contributed by atoms with Crippen LogP contribution in [0.1, 0.15) is 24.8 Å². The van der Waals surface area contributed by atoms with Crippen LogP contribution in [0.15, 0.2) is 30.3 Å². The molecule has 0 aliphatic heterocycles. The Morgan fingerprint density at radius 2 is 1.83 bits per heavy atom. The number of hydrogen-bond donors (Lipinski definition) is 1. The maximum atomic E-state index is 13.4. The fourth-order valence-corrected chi connectivity index (χ4v) is 1.19. The second-order valence-corrected chi connectivity index (χ2v) is 3.46. The molecule has 0 amide bonds. The summed E-state index contributed by atoms with van der Waals surface area (Å²) in [5, 5.41) is 0. The van der Waals surface area contributed by atoms with Crippen molar-refractivity contribution in [3.63, 3.8) is 0 Å². The molecule has 0 bridgehead atoms. The molecular formula is C12H15ClFNO3. The van der Waals surface area contributed by atoms with Crippen LogP contribution in [-0.4, -0.2) is 18.3 Å². The lowest BCUT2D eigenvalue weighted by molar-refractivity contribution is -0.159. The van der Waals surface area contributed by atoms with Crippen LogP contribution in [0.3, 0.4) is 0 Å². The molecule has 1 aromatic carbocycles. The number of ketones is 1. The van der Waals surface area contributed by atoms with Gasteiger partial charge in [-0.05, 0) is 0 Å². The number of ether oxygens (including phenoxy) is 1. The topological polar surface area (TPSA) is 69.4 Å². The summed E-state index contributed by atoms with van der Waals surface area (Å²) < 4.78 is 18.0. The van der Waals surface area contributed by atoms with Crippen LogP contribution >= 0.6 is 12.4 Å². The molecule has 1 atom stereocenters. The average molecular weight is 276 g/mol. The molecule has 0 spiro atoms. The van der Waals surface area contributed by atoms with Gasteiger partial charge in [0.2, 0.25) is 0 Å². The van der Waals surface area contributed by atoms with Crippen LogP contribution in [0.2, 0.25) is 0 Å². The van der Waals surface area contributed by atoms with Crippen molar-refractivity contribution >= 4 is 24.2 Å². The number of nitrogens with two attached hydrogens (primary N) is 1. The Kier molecular flexibility index (Phi) is 7.91. The fourth-order valence-electron chi connectivity index (χ4n) is 1.19. The van der Waals surface area contributed by atoms with E-state index in [2.05, 4.69) is 4.74 Å². The van der Waals surface area contributed by atoms with E-state index in [-0.39, 0.29) is 43.1 Å². The smallest absolute Gasteiger partial charge is 0.309 e. The normalized spacial score (nSPS) is 11.2. The Hall–Kier alpha value is -1.46. The zero-order valence-corrected chi connectivity index (χ0v) is 10.5. The third kappa shape index (κ3) is 5.75. The van der Waals surface area contributed by atoms with Crippen LogP contribution in [0.4, 0.5) is 4.39 Å². The molecule has 0 saturated carbocycles. The van der Waals surface area contributed by atoms with Gasteiger partial charge in [-0.3, -0.25) is 9.59 Å². The lowest BCUT2D eigenvalue weighted by Gasteiger charge is -2.09. The average Bonchev–Trinajstić information content (AvgIpc) is 2.36. The summed E-state index contributed by atoms with van der Waals surface area (Å²) in [5.74, 6) is -1.000. The summed E-state index contributed by atoms with van der Waals surface area (Å²) in [5.41, 5.74) is 5.34. The van der Waals surface area contributed by atoms with Crippen LogP contribution in [-0.2, 0) is 14.3 Å². The van der Waals surface area contributed by atoms with Gasteiger partial charge in [0.15, 0.2) is 0 Å². The van der Waals surface area contributed by atoms with Crippen molar-refractivity contribution in [1.29, 1.82) is 0 Å². The van der Waals surface area contributed by atoms with Crippen LogP contribution in [0, 0.1) is 0 Å². The largest absolute Gasteiger partial charge is 0.427 e. The summed E-state index contributed by atoms with van der Waals surface area (Å²) in [7, 11) is 0. The molecule has 1 rings (SSSR count). The van der Waals surface area contributed by atoms with E-state index in [4.69, 9.17) is 5.73 Å². The number of alkyl halides is 1. The van der Waals surface area contributed by atoms with Gasteiger partial charge >= 0.3 is 5.97 Å². The molecule has 1 unspecified atom stereocenters. The maximum Gasteiger partial charge on any atom is 0.309 e. The molecule has 100 valence electrons. The number of carbonyl (C=O) groups is 2. The highest BCUT2D eigenvalue weighted by atomic mass is 35.5. The highest BCUT2D eigenvalue weighted by Crippen LogP contribution is 2.18. The van der Waals surface area contributed by atoms with E-state index < -0.39 is 12.3 Å². The second-order valence-electron chi connectivity index (χ2n) is 3.46. The van der Waals surface area contributed by atoms with Gasteiger partial charge in [-0.1, -0.05) is 30.3 Å². The van der Waals surface area contributed by atoms with E-state index in [1.54, 1.807) is 18.2 Å². The van der Waals surface area contributed by atoms with Gasteiger partial charge < -0.3 is 10.5 Å². The Balaban J connectivity index is 0.00000289. The van der Waals surface area contributed by atoms with E-state index in [1.165, 1.54) is 12.1 Å². The van der Waals surface area contributed by atoms with Crippen LogP contribution in [0.5, 0.6) is 0 Å². The van der Waals surface area contributed by atoms with Crippen molar-refractivity contribution in [2.75, 3.05) is 6.54 Å². The molecule has 0 radical (unpaired) electrons. The minimum absolute atomic E-state index is 0. The van der Waals surface area contributed by atoms with E-state index in [9.17, 15) is 14.0 Å². The number of Topliss-reactive ketones (excluding diaryl/α,β-unsaturated/α-hetero) is 1. The van der Waals surface area contributed by atoms with Gasteiger partial charge in [0.05, 0.1) is 13.0 Å². The van der Waals surface area contributed by atoms with Crippen molar-refractivity contribution in [3.8, 4) is 0 Å². The summed E-state index contributed by atoms with van der Waals surface area (Å²) in [6.07, 6.45) is -1.96. The fraction of sp³-hybridized carbons (Fsp3) is 0.333. The lowest BCUT2D eigenvalue weighted by atomic mass is 10.2. The third-order valence-electron chi connectivity index (χ3n) is 2.13. The molecule has 1 aromatic rings. The quantitative estimate of drug-likeness (QED) is 0.806. The van der Waals surface area contributed by atoms with Crippen molar-refractivity contribution in [3.05, 3.63) is 35.9 Å². The van der Waals surface area contributed by atoms with Gasteiger partial charge in [-0.15, -0.1) is 12.4 Å². The number of carbonyl (C=O) groups excluding carboxylic acids is 2. The Labute approximate surface area is 111 Å². The number of halogens is 2. The first-order chi connectivity index (χ1) is 8.13. The Bertz CT molecular complexity index is 386. The molecular weight excluding hydrogens is 261 g/mol. The number of benzene rings is 1. The molecule has 0 saturated heterocycles. The van der Waals surface area contributed by atoms with Gasteiger partial charge in [0.25, 0.3) is 6.36 Å². The molecule has 0 fully saturated rings. The zero-order valence-electron chi connectivity index (χ0n) is 9.67. The molecule has 0 aromatic heterocycles. The van der Waals surface area contributed by atoms with E-state index in [0.717, 1.165) is 0 Å². The second kappa shape index (κ2) is 8.60. The number of hydrogen-bond acceptors (Lipinski definition) is 4. The molecule has 0 heterocycles. The molecule has 0 aliphatic rings. The third-order valence-corrected chi connectivity index (χ3v) is 2.13. The van der Waals surface area contributed by atoms with E-state index in [1.807, 2.05) is 0 Å². The van der Waals surface area contributed by atoms with Gasteiger partial charge in [-0.25, -0.2) is 0 Å². The minimum atomic E-state index is -1.79. The molecule has 2 N–H and O–H groups in total. The summed E-state index contributed by atoms with van der Waals surface area (Å²) in [6, 6.07) is 8.06. The van der Waals surface area contributed by atoms with Crippen LogP contribution < -0.4 is 5.73 Å². The number of esters is 1. The van der Waals surface area contributed by atoms with Gasteiger partial charge in [0.1, 0.15) is 5.78 Å². The summed E-state index contributed by atoms with van der Waals surface area (Å²) >= 11 is 0. The van der Waals surface area contributed by atoms with Crippen molar-refractivity contribution in [2.45, 2.75) is 19.2 Å². The van der Waals surface area contributed by atoms with Crippen molar-refractivity contribution in [2.24, 2.45) is 5.73 Å². The van der Waals surface area contributed by atoms with Crippen molar-refractivity contribution in [1.82, 2.24) is 0 Å². The molecule has 4 nitrogen and oxygen atoms in total. The van der Waals surface area contributed by atoms with E-state index >= 15 is 0 Å². The van der Waals surface area contributed by atoms with Gasteiger partial charge in [-0.2, -0.15) is 4.39 Å². The Morgan fingerprint density at radius 1 is 1.22 bits per heavy atom. The predicted octanol–water partition coefficient (Wildman–Crippen LogP) is 1.93. The van der Waals surface area contributed by atoms with Crippen molar-refractivity contribution < 1.29 is 18.7 Å². The number of rotatable bonds is 6. The minimum Gasteiger partial charge on any atom is -0.427 e. The molecule has 18 heavy (non-hydrogen) atoms. The summed E-state index contributed by atoms with van der Waals surface area (Å²) in [4.78, 5) is 22.0. The first kappa shape index (κ1) is 16.5. The monoisotopic (exact) mass is 275 g/mol. The first-order valence-electron chi connectivity index (χ1n) is 5.23. The Morgan fingerprint density at radius 3 is 2.39 bits per heavy atom. The zero-order chi connectivity index (χ0) is 12.7. The van der Waals surface area contributed by atoms with Gasteiger partial charge in [0, 0.05) is 12.0 Å². The predicted molar refractivity (Wildman–Crippen MR) is 66.9 cm³/mol. The van der Waals surface area contributed by atoms with Crippen LogP contribution in [0.25, 0.3) is 0 Å². The highest BCUT2D eigenvalue weighted by Gasteiger charge is 2.15. The lowest BCUT2D eigenvalue weighted by Crippen LogP contribution is -2.16. The standard InChI is InChI=1S/C12H14FNO3.ClH/c13-12(9-4-2-1-3-5-9)17-11(16)7-6-10(15)8-14;/h1-5,12H,6-8,14H2;1H. The molecule has 0 aliphatic carbocycles. The highest BCUT2D eigenvalue weighted by molar-refractivity contribution is 5.85. The summed E-state index contributed by atoms with van der Waals surface area (Å²) in [6.45, 7) is -0.120. The molecule has 6 heteroatoms. The first-order valence-corrected chi connectivity index (χ1v) is 5.23. The SMILES string of the molecule is Cl.NCC(=O)CCC(=O)OC(F)c1ccccc1.